The van der Waals surface area contributed by atoms with Crippen molar-refractivity contribution in [1.82, 2.24) is 20.4 Å². The van der Waals surface area contributed by atoms with E-state index in [4.69, 9.17) is 0 Å². The van der Waals surface area contributed by atoms with E-state index in [9.17, 15) is 14.3 Å². The van der Waals surface area contributed by atoms with E-state index in [1.165, 1.54) is 38.1 Å². The zero-order valence-corrected chi connectivity index (χ0v) is 16.0. The molecule has 4 heterocycles. The van der Waals surface area contributed by atoms with Gasteiger partial charge >= 0.3 is 5.97 Å². The van der Waals surface area contributed by atoms with Gasteiger partial charge in [-0.25, -0.2) is 9.18 Å². The molecule has 0 amide bonds. The lowest BCUT2D eigenvalue weighted by Gasteiger charge is -2.45. The first-order chi connectivity index (χ1) is 14.1. The first kappa shape index (κ1) is 18.3. The summed E-state index contributed by atoms with van der Waals surface area (Å²) in [7, 11) is 0. The minimum absolute atomic E-state index is 0.202. The van der Waals surface area contributed by atoms with Crippen LogP contribution in [0.5, 0.6) is 0 Å². The number of halogens is 1. The van der Waals surface area contributed by atoms with Crippen LogP contribution in [0.3, 0.4) is 0 Å². The summed E-state index contributed by atoms with van der Waals surface area (Å²) in [6, 6.07) is 9.87. The molecule has 3 fully saturated rings. The fraction of sp³-hybridized carbons (Fsp3) is 0.364. The standard InChI is InChI=1S/C22H23FN4O2/c23-15-3-1-13(2-4-15)16-5-6-17-21(20(16)22(28)29)18(26-25-17)11-24-19-12-27-9-7-14(19)8-10-27/h1-6,14,19,24H,7-12H2,(H,25,26)(H,28,29). The van der Waals surface area contributed by atoms with Crippen LogP contribution in [-0.4, -0.2) is 51.8 Å². The second-order valence-corrected chi connectivity index (χ2v) is 8.02. The first-order valence-corrected chi connectivity index (χ1v) is 10.0. The van der Waals surface area contributed by atoms with Gasteiger partial charge in [0, 0.05) is 24.5 Å². The highest BCUT2D eigenvalue weighted by molar-refractivity contribution is 6.09. The molecule has 3 saturated heterocycles. The molecule has 3 aliphatic rings. The smallest absolute Gasteiger partial charge is 0.337 e. The number of aromatic nitrogens is 2. The number of H-pyrrole nitrogens is 1. The molecule has 1 unspecified atom stereocenters. The van der Waals surface area contributed by atoms with Crippen molar-refractivity contribution in [2.45, 2.75) is 25.4 Å². The number of hydrogen-bond acceptors (Lipinski definition) is 4. The maximum absolute atomic E-state index is 13.3. The zero-order valence-electron chi connectivity index (χ0n) is 16.0. The van der Waals surface area contributed by atoms with E-state index in [0.717, 1.165) is 12.2 Å². The third-order valence-corrected chi connectivity index (χ3v) is 6.36. The fourth-order valence-corrected chi connectivity index (χ4v) is 4.82. The van der Waals surface area contributed by atoms with Crippen molar-refractivity contribution in [2.24, 2.45) is 5.92 Å². The van der Waals surface area contributed by atoms with Crippen LogP contribution in [0.1, 0.15) is 28.9 Å². The first-order valence-electron chi connectivity index (χ1n) is 10.0. The predicted octanol–water partition coefficient (Wildman–Crippen LogP) is 3.25. The molecule has 7 heteroatoms. The number of hydrogen-bond donors (Lipinski definition) is 3. The topological polar surface area (TPSA) is 81.2 Å². The van der Waals surface area contributed by atoms with Gasteiger partial charge in [0.1, 0.15) is 5.82 Å². The molecule has 0 radical (unpaired) electrons. The average molecular weight is 394 g/mol. The van der Waals surface area contributed by atoms with Crippen LogP contribution in [0.2, 0.25) is 0 Å². The molecule has 3 N–H and O–H groups in total. The van der Waals surface area contributed by atoms with Crippen molar-refractivity contribution < 1.29 is 14.3 Å². The number of fused-ring (bicyclic) bond motifs is 4. The Morgan fingerprint density at radius 3 is 2.62 bits per heavy atom. The van der Waals surface area contributed by atoms with Gasteiger partial charge in [-0.05, 0) is 61.2 Å². The van der Waals surface area contributed by atoms with E-state index in [2.05, 4.69) is 20.4 Å². The maximum atomic E-state index is 13.3. The third-order valence-electron chi connectivity index (χ3n) is 6.36. The summed E-state index contributed by atoms with van der Waals surface area (Å²) in [6.45, 7) is 3.95. The number of piperidine rings is 3. The van der Waals surface area contributed by atoms with E-state index in [-0.39, 0.29) is 11.4 Å². The highest BCUT2D eigenvalue weighted by atomic mass is 19.1. The predicted molar refractivity (Wildman–Crippen MR) is 108 cm³/mol. The number of benzene rings is 2. The number of rotatable bonds is 5. The minimum Gasteiger partial charge on any atom is -0.478 e. The Bertz CT molecular complexity index is 1050. The van der Waals surface area contributed by atoms with Crippen molar-refractivity contribution >= 4 is 16.9 Å². The summed E-state index contributed by atoms with van der Waals surface area (Å²) in [5, 5.41) is 21.6. The molecule has 2 aromatic carbocycles. The zero-order chi connectivity index (χ0) is 20.0. The molecular weight excluding hydrogens is 371 g/mol. The summed E-state index contributed by atoms with van der Waals surface area (Å²) in [4.78, 5) is 14.7. The summed E-state index contributed by atoms with van der Waals surface area (Å²) < 4.78 is 13.3. The van der Waals surface area contributed by atoms with Gasteiger partial charge in [0.2, 0.25) is 0 Å². The molecule has 1 atom stereocenters. The number of nitrogens with one attached hydrogen (secondary N) is 2. The van der Waals surface area contributed by atoms with Crippen LogP contribution >= 0.6 is 0 Å². The molecule has 0 saturated carbocycles. The second kappa shape index (κ2) is 7.24. The Morgan fingerprint density at radius 1 is 1.21 bits per heavy atom. The molecule has 0 aliphatic carbocycles. The number of carboxylic acids is 1. The van der Waals surface area contributed by atoms with Crippen LogP contribution in [-0.2, 0) is 6.54 Å². The van der Waals surface area contributed by atoms with E-state index in [1.54, 1.807) is 18.2 Å². The maximum Gasteiger partial charge on any atom is 0.337 e. The fourth-order valence-electron chi connectivity index (χ4n) is 4.82. The van der Waals surface area contributed by atoms with Crippen molar-refractivity contribution in [1.29, 1.82) is 0 Å². The molecule has 6 nitrogen and oxygen atoms in total. The summed E-state index contributed by atoms with van der Waals surface area (Å²) in [5.74, 6) is -0.680. The van der Waals surface area contributed by atoms with Gasteiger partial charge in [0.05, 0.1) is 16.8 Å². The van der Waals surface area contributed by atoms with E-state index in [0.29, 0.717) is 40.5 Å². The van der Waals surface area contributed by atoms with Gasteiger partial charge in [0.15, 0.2) is 0 Å². The summed E-state index contributed by atoms with van der Waals surface area (Å²) >= 11 is 0. The van der Waals surface area contributed by atoms with Gasteiger partial charge in [-0.3, -0.25) is 5.10 Å². The molecule has 2 bridgehead atoms. The SMILES string of the molecule is O=C(O)c1c(-c2ccc(F)cc2)ccc2n[nH]c(CNC3CN4CCC3CC4)c12. The van der Waals surface area contributed by atoms with Crippen LogP contribution in [0.4, 0.5) is 4.39 Å². The van der Waals surface area contributed by atoms with E-state index < -0.39 is 5.97 Å². The van der Waals surface area contributed by atoms with Crippen molar-refractivity contribution in [3.8, 4) is 11.1 Å². The molecule has 3 aromatic rings. The highest BCUT2D eigenvalue weighted by Crippen LogP contribution is 2.32. The second-order valence-electron chi connectivity index (χ2n) is 8.02. The Hall–Kier alpha value is -2.77. The van der Waals surface area contributed by atoms with Gasteiger partial charge < -0.3 is 15.3 Å². The molecule has 150 valence electrons. The Morgan fingerprint density at radius 2 is 1.97 bits per heavy atom. The van der Waals surface area contributed by atoms with Gasteiger partial charge in [-0.2, -0.15) is 5.10 Å². The number of aromatic amines is 1. The largest absolute Gasteiger partial charge is 0.478 e. The van der Waals surface area contributed by atoms with Crippen LogP contribution in [0, 0.1) is 11.7 Å². The molecule has 29 heavy (non-hydrogen) atoms. The average Bonchev–Trinajstić information content (AvgIpc) is 3.16. The van der Waals surface area contributed by atoms with Crippen molar-refractivity contribution in [2.75, 3.05) is 19.6 Å². The monoisotopic (exact) mass is 394 g/mol. The van der Waals surface area contributed by atoms with E-state index >= 15 is 0 Å². The third kappa shape index (κ3) is 3.30. The van der Waals surface area contributed by atoms with E-state index in [1.807, 2.05) is 6.07 Å². The minimum atomic E-state index is -1.01. The van der Waals surface area contributed by atoms with Crippen molar-refractivity contribution in [3.63, 3.8) is 0 Å². The number of nitrogens with zero attached hydrogens (tertiary/aromatic N) is 2. The Labute approximate surface area is 167 Å². The molecule has 0 spiro atoms. The summed E-state index contributed by atoms with van der Waals surface area (Å²) in [5.41, 5.74) is 2.84. The number of aromatic carboxylic acids is 1. The molecule has 3 aliphatic heterocycles. The normalized spacial score (nSPS) is 23.6. The Kier molecular flexibility index (Phi) is 4.56. The van der Waals surface area contributed by atoms with Gasteiger partial charge in [-0.15, -0.1) is 0 Å². The molecule has 6 rings (SSSR count). The molecular formula is C22H23FN4O2. The lowest BCUT2D eigenvalue weighted by Crippen LogP contribution is -2.55. The lowest BCUT2D eigenvalue weighted by molar-refractivity contribution is 0.0699. The number of carbonyl (C=O) groups is 1. The highest BCUT2D eigenvalue weighted by Gasteiger charge is 2.33. The quantitative estimate of drug-likeness (QED) is 0.619. The van der Waals surface area contributed by atoms with Crippen LogP contribution < -0.4 is 5.32 Å². The molecule has 1 aromatic heterocycles. The van der Waals surface area contributed by atoms with Crippen molar-refractivity contribution in [3.05, 3.63) is 53.5 Å². The van der Waals surface area contributed by atoms with Crippen LogP contribution in [0.25, 0.3) is 22.0 Å². The van der Waals surface area contributed by atoms with Gasteiger partial charge in [0.25, 0.3) is 0 Å². The Balaban J connectivity index is 1.50. The number of carboxylic acid groups (broad SMARTS) is 1. The lowest BCUT2D eigenvalue weighted by atomic mass is 9.84. The van der Waals surface area contributed by atoms with Gasteiger partial charge in [-0.1, -0.05) is 18.2 Å². The van der Waals surface area contributed by atoms with Crippen LogP contribution in [0.15, 0.2) is 36.4 Å². The summed E-state index contributed by atoms with van der Waals surface area (Å²) in [6.07, 6.45) is 2.44.